The topological polar surface area (TPSA) is 52.6 Å². The van der Waals surface area contributed by atoms with E-state index in [-0.39, 0.29) is 17.9 Å². The molecule has 0 aliphatic carbocycles. The lowest BCUT2D eigenvalue weighted by molar-refractivity contribution is -0.0278. The summed E-state index contributed by atoms with van der Waals surface area (Å²) < 4.78 is 11.4. The summed E-state index contributed by atoms with van der Waals surface area (Å²) in [5, 5.41) is 0. The van der Waals surface area contributed by atoms with Gasteiger partial charge in [-0.25, -0.2) is 9.59 Å². The fourth-order valence-corrected chi connectivity index (χ4v) is 3.05. The summed E-state index contributed by atoms with van der Waals surface area (Å²) in [6.45, 7) is 7.59. The van der Waals surface area contributed by atoms with Gasteiger partial charge in [0.25, 0.3) is 0 Å². The molecule has 0 bridgehead atoms. The molecule has 0 aliphatic rings. The highest BCUT2D eigenvalue weighted by molar-refractivity contribution is 5.90. The predicted octanol–water partition coefficient (Wildman–Crippen LogP) is 5.06. The van der Waals surface area contributed by atoms with Gasteiger partial charge in [-0.05, 0) is 37.6 Å². The summed E-state index contributed by atoms with van der Waals surface area (Å²) in [5.74, 6) is -0.904. The summed E-state index contributed by atoms with van der Waals surface area (Å²) in [7, 11) is 0. The Kier molecular flexibility index (Phi) is 7.80. The molecule has 2 rings (SSSR count). The minimum Gasteiger partial charge on any atom is -0.459 e. The van der Waals surface area contributed by atoms with E-state index >= 15 is 0 Å². The fraction of sp³-hybridized carbons (Fsp3) is 0.304. The summed E-state index contributed by atoms with van der Waals surface area (Å²) in [6, 6.07) is 17.7. The zero-order chi connectivity index (χ0) is 19.6. The molecule has 0 heterocycles. The van der Waals surface area contributed by atoms with Crippen molar-refractivity contribution in [3.8, 4) is 0 Å². The molecular formula is C23H26O4. The second-order valence-corrected chi connectivity index (χ2v) is 6.38. The van der Waals surface area contributed by atoms with Gasteiger partial charge in [-0.1, -0.05) is 49.4 Å². The van der Waals surface area contributed by atoms with Crippen molar-refractivity contribution in [2.45, 2.75) is 38.9 Å². The highest BCUT2D eigenvalue weighted by Crippen LogP contribution is 2.24. The van der Waals surface area contributed by atoms with E-state index in [0.717, 1.165) is 0 Å². The quantitative estimate of drug-likeness (QED) is 0.460. The van der Waals surface area contributed by atoms with Crippen LogP contribution in [0.25, 0.3) is 0 Å². The van der Waals surface area contributed by atoms with E-state index in [1.54, 1.807) is 54.6 Å². The smallest absolute Gasteiger partial charge is 0.338 e. The summed E-state index contributed by atoms with van der Waals surface area (Å²) >= 11 is 0. The Morgan fingerprint density at radius 1 is 0.926 bits per heavy atom. The van der Waals surface area contributed by atoms with Crippen molar-refractivity contribution < 1.29 is 19.1 Å². The van der Waals surface area contributed by atoms with E-state index < -0.39 is 12.2 Å². The molecule has 4 heteroatoms. The number of ether oxygens (including phenoxy) is 2. The van der Waals surface area contributed by atoms with Crippen molar-refractivity contribution in [1.82, 2.24) is 0 Å². The van der Waals surface area contributed by atoms with Gasteiger partial charge in [0.15, 0.2) is 0 Å². The first kappa shape index (κ1) is 20.4. The number of carbonyl (C=O) groups is 2. The second kappa shape index (κ2) is 10.3. The standard InChI is InChI=1S/C23H26O4/c1-4-12-21(27-23(25)19-15-10-7-11-16-19)20(5-2)17(3)26-22(24)18-13-8-6-9-14-18/h4,6-11,13-17,20-21H,1,5,12H2,2-3H3. The van der Waals surface area contributed by atoms with Gasteiger partial charge >= 0.3 is 11.9 Å². The molecule has 4 nitrogen and oxygen atoms in total. The van der Waals surface area contributed by atoms with Crippen LogP contribution in [-0.2, 0) is 9.47 Å². The molecule has 0 radical (unpaired) electrons. The van der Waals surface area contributed by atoms with Crippen LogP contribution in [-0.4, -0.2) is 24.1 Å². The molecule has 0 spiro atoms. The Morgan fingerprint density at radius 2 is 1.41 bits per heavy atom. The third kappa shape index (κ3) is 5.81. The molecule has 142 valence electrons. The number of benzene rings is 2. The van der Waals surface area contributed by atoms with Crippen molar-refractivity contribution in [1.29, 1.82) is 0 Å². The number of carbonyl (C=O) groups excluding carboxylic acids is 2. The molecule has 0 aliphatic heterocycles. The molecule has 3 unspecified atom stereocenters. The lowest BCUT2D eigenvalue weighted by atomic mass is 9.91. The Labute approximate surface area is 160 Å². The maximum Gasteiger partial charge on any atom is 0.338 e. The third-order valence-electron chi connectivity index (χ3n) is 4.52. The van der Waals surface area contributed by atoms with E-state index in [0.29, 0.717) is 24.0 Å². The third-order valence-corrected chi connectivity index (χ3v) is 4.52. The average molecular weight is 366 g/mol. The van der Waals surface area contributed by atoms with E-state index in [1.807, 2.05) is 26.0 Å². The molecular weight excluding hydrogens is 340 g/mol. The van der Waals surface area contributed by atoms with Crippen LogP contribution in [0, 0.1) is 5.92 Å². The van der Waals surface area contributed by atoms with Crippen LogP contribution in [0.2, 0.25) is 0 Å². The van der Waals surface area contributed by atoms with E-state index in [2.05, 4.69) is 6.58 Å². The van der Waals surface area contributed by atoms with Gasteiger partial charge < -0.3 is 9.47 Å². The lowest BCUT2D eigenvalue weighted by Gasteiger charge is -2.30. The van der Waals surface area contributed by atoms with E-state index in [1.165, 1.54) is 0 Å². The molecule has 0 N–H and O–H groups in total. The minimum atomic E-state index is -0.418. The van der Waals surface area contributed by atoms with Crippen LogP contribution >= 0.6 is 0 Å². The lowest BCUT2D eigenvalue weighted by Crippen LogP contribution is -2.36. The number of hydrogen-bond acceptors (Lipinski definition) is 4. The summed E-state index contributed by atoms with van der Waals surface area (Å²) in [4.78, 5) is 24.8. The largest absolute Gasteiger partial charge is 0.459 e. The van der Waals surface area contributed by atoms with Crippen LogP contribution in [0.4, 0.5) is 0 Å². The van der Waals surface area contributed by atoms with Crippen LogP contribution < -0.4 is 0 Å². The molecule has 3 atom stereocenters. The van der Waals surface area contributed by atoms with Crippen LogP contribution in [0.15, 0.2) is 73.3 Å². The monoisotopic (exact) mass is 366 g/mol. The van der Waals surface area contributed by atoms with Gasteiger partial charge in [0.05, 0.1) is 11.1 Å². The number of hydrogen-bond donors (Lipinski definition) is 0. The minimum absolute atomic E-state index is 0.136. The van der Waals surface area contributed by atoms with Gasteiger partial charge in [-0.15, -0.1) is 6.58 Å². The number of esters is 2. The highest BCUT2D eigenvalue weighted by Gasteiger charge is 2.30. The molecule has 0 saturated carbocycles. The van der Waals surface area contributed by atoms with Crippen molar-refractivity contribution in [2.75, 3.05) is 0 Å². The highest BCUT2D eigenvalue weighted by atomic mass is 16.6. The maximum atomic E-state index is 12.5. The van der Waals surface area contributed by atoms with Gasteiger partial charge in [0, 0.05) is 12.3 Å². The van der Waals surface area contributed by atoms with Crippen LogP contribution in [0.5, 0.6) is 0 Å². The Morgan fingerprint density at radius 3 is 1.85 bits per heavy atom. The molecule has 0 saturated heterocycles. The van der Waals surface area contributed by atoms with Gasteiger partial charge in [-0.3, -0.25) is 0 Å². The second-order valence-electron chi connectivity index (χ2n) is 6.38. The number of rotatable bonds is 9. The zero-order valence-corrected chi connectivity index (χ0v) is 15.8. The van der Waals surface area contributed by atoms with Crippen LogP contribution in [0.3, 0.4) is 0 Å². The van der Waals surface area contributed by atoms with E-state index in [4.69, 9.17) is 9.47 Å². The van der Waals surface area contributed by atoms with Gasteiger partial charge in [0.2, 0.25) is 0 Å². The van der Waals surface area contributed by atoms with Crippen LogP contribution in [0.1, 0.15) is 47.4 Å². The molecule has 27 heavy (non-hydrogen) atoms. The first-order valence-corrected chi connectivity index (χ1v) is 9.19. The van der Waals surface area contributed by atoms with Crippen molar-refractivity contribution in [3.05, 3.63) is 84.4 Å². The van der Waals surface area contributed by atoms with Crippen molar-refractivity contribution in [2.24, 2.45) is 5.92 Å². The Hall–Kier alpha value is -2.88. The molecule has 0 fully saturated rings. The average Bonchev–Trinajstić information content (AvgIpc) is 2.70. The summed E-state index contributed by atoms with van der Waals surface area (Å²) in [5.41, 5.74) is 0.996. The first-order chi connectivity index (χ1) is 13.1. The summed E-state index contributed by atoms with van der Waals surface area (Å²) in [6.07, 6.45) is 2.08. The van der Waals surface area contributed by atoms with Crippen molar-refractivity contribution >= 4 is 11.9 Å². The molecule has 2 aromatic carbocycles. The maximum absolute atomic E-state index is 12.5. The predicted molar refractivity (Wildman–Crippen MR) is 106 cm³/mol. The molecule has 0 aromatic heterocycles. The van der Waals surface area contributed by atoms with Gasteiger partial charge in [0.1, 0.15) is 12.2 Å². The van der Waals surface area contributed by atoms with Gasteiger partial charge in [-0.2, -0.15) is 0 Å². The van der Waals surface area contributed by atoms with E-state index in [9.17, 15) is 9.59 Å². The molecule has 0 amide bonds. The van der Waals surface area contributed by atoms with Crippen molar-refractivity contribution in [3.63, 3.8) is 0 Å². The first-order valence-electron chi connectivity index (χ1n) is 9.19. The normalized spacial score (nSPS) is 13.9. The Balaban J connectivity index is 2.08. The fourth-order valence-electron chi connectivity index (χ4n) is 3.05. The SMILES string of the molecule is C=CCC(OC(=O)c1ccccc1)C(CC)C(C)OC(=O)c1ccccc1. The zero-order valence-electron chi connectivity index (χ0n) is 15.8. The molecule has 2 aromatic rings. The Bertz CT molecular complexity index is 739.